The molecule has 0 aliphatic carbocycles. The zero-order chi connectivity index (χ0) is 13.4. The summed E-state index contributed by atoms with van der Waals surface area (Å²) >= 11 is 0. The minimum Gasteiger partial charge on any atom is -0.397 e. The van der Waals surface area contributed by atoms with Gasteiger partial charge in [0, 0.05) is 31.8 Å². The van der Waals surface area contributed by atoms with Gasteiger partial charge in [-0.15, -0.1) is 0 Å². The van der Waals surface area contributed by atoms with Crippen LogP contribution in [0.2, 0.25) is 0 Å². The number of carbonyl (C=O) groups is 1. The Hall–Kier alpha value is -1.75. The summed E-state index contributed by atoms with van der Waals surface area (Å²) < 4.78 is 5.21. The number of nitrogens with zero attached hydrogens (tertiary/aromatic N) is 1. The van der Waals surface area contributed by atoms with E-state index >= 15 is 0 Å². The molecule has 3 rings (SSSR count). The van der Waals surface area contributed by atoms with E-state index in [2.05, 4.69) is 10.2 Å². The van der Waals surface area contributed by atoms with Crippen molar-refractivity contribution in [3.63, 3.8) is 0 Å². The lowest BCUT2D eigenvalue weighted by Crippen LogP contribution is -2.22. The van der Waals surface area contributed by atoms with Crippen molar-refractivity contribution in [2.75, 3.05) is 42.8 Å². The molecule has 1 amide bonds. The first-order valence-electron chi connectivity index (χ1n) is 6.63. The van der Waals surface area contributed by atoms with Crippen LogP contribution in [0.3, 0.4) is 0 Å². The minimum atomic E-state index is 0.0465. The molecule has 0 spiro atoms. The third-order valence-corrected chi connectivity index (χ3v) is 3.91. The van der Waals surface area contributed by atoms with Crippen molar-refractivity contribution in [2.45, 2.75) is 12.8 Å². The highest BCUT2D eigenvalue weighted by molar-refractivity contribution is 6.00. The number of benzene rings is 1. The van der Waals surface area contributed by atoms with Crippen molar-refractivity contribution < 1.29 is 9.53 Å². The lowest BCUT2D eigenvalue weighted by Gasteiger charge is -2.21. The van der Waals surface area contributed by atoms with Gasteiger partial charge in [0.1, 0.15) is 0 Å². The molecule has 1 fully saturated rings. The van der Waals surface area contributed by atoms with Gasteiger partial charge in [-0.3, -0.25) is 4.79 Å². The molecular weight excluding hydrogens is 242 g/mol. The van der Waals surface area contributed by atoms with Crippen LogP contribution in [-0.2, 0) is 16.0 Å². The van der Waals surface area contributed by atoms with Gasteiger partial charge in [0.05, 0.1) is 24.4 Å². The van der Waals surface area contributed by atoms with Gasteiger partial charge in [0.2, 0.25) is 5.91 Å². The van der Waals surface area contributed by atoms with E-state index in [1.165, 1.54) is 0 Å². The Kier molecular flexibility index (Phi) is 3.06. The molecule has 2 heterocycles. The van der Waals surface area contributed by atoms with E-state index in [0.29, 0.717) is 12.3 Å². The van der Waals surface area contributed by atoms with Crippen LogP contribution in [-0.4, -0.2) is 32.7 Å². The second-order valence-corrected chi connectivity index (χ2v) is 5.35. The highest BCUT2D eigenvalue weighted by Gasteiger charge is 2.26. The largest absolute Gasteiger partial charge is 0.397 e. The van der Waals surface area contributed by atoms with Gasteiger partial charge in [-0.2, -0.15) is 0 Å². The summed E-state index contributed by atoms with van der Waals surface area (Å²) in [4.78, 5) is 13.7. The molecule has 102 valence electrons. The second kappa shape index (κ2) is 4.74. The average molecular weight is 261 g/mol. The van der Waals surface area contributed by atoms with Gasteiger partial charge in [0.15, 0.2) is 0 Å². The fourth-order valence-corrected chi connectivity index (χ4v) is 2.98. The van der Waals surface area contributed by atoms with E-state index in [1.807, 2.05) is 12.1 Å². The van der Waals surface area contributed by atoms with Crippen molar-refractivity contribution in [3.05, 3.63) is 17.7 Å². The molecule has 0 bridgehead atoms. The Morgan fingerprint density at radius 2 is 2.37 bits per heavy atom. The van der Waals surface area contributed by atoms with E-state index in [4.69, 9.17) is 10.5 Å². The normalized spacial score (nSPS) is 21.6. The number of carbonyl (C=O) groups excluding carboxylic acids is 1. The van der Waals surface area contributed by atoms with Gasteiger partial charge in [-0.05, 0) is 24.1 Å². The van der Waals surface area contributed by atoms with Crippen LogP contribution < -0.4 is 16.0 Å². The lowest BCUT2D eigenvalue weighted by molar-refractivity contribution is -0.115. The predicted octanol–water partition coefficient (Wildman–Crippen LogP) is 1.24. The lowest BCUT2D eigenvalue weighted by atomic mass is 10.1. The van der Waals surface area contributed by atoms with Crippen molar-refractivity contribution >= 4 is 23.0 Å². The first-order chi connectivity index (χ1) is 9.17. The Bertz CT molecular complexity index is 516. The summed E-state index contributed by atoms with van der Waals surface area (Å²) in [5.74, 6) is 0.609. The van der Waals surface area contributed by atoms with Crippen LogP contribution in [0.15, 0.2) is 12.1 Å². The van der Waals surface area contributed by atoms with E-state index in [1.54, 1.807) is 7.11 Å². The molecule has 1 aromatic carbocycles. The molecule has 0 saturated carbocycles. The molecular formula is C14H19N3O2. The maximum atomic E-state index is 11.4. The van der Waals surface area contributed by atoms with Crippen LogP contribution in [0.4, 0.5) is 17.1 Å². The van der Waals surface area contributed by atoms with Gasteiger partial charge >= 0.3 is 0 Å². The maximum Gasteiger partial charge on any atom is 0.228 e. The fourth-order valence-electron chi connectivity index (χ4n) is 2.98. The molecule has 3 N–H and O–H groups in total. The number of ether oxygens (including phenoxy) is 1. The number of nitrogens with one attached hydrogen (secondary N) is 1. The molecule has 1 aromatic rings. The molecule has 5 heteroatoms. The van der Waals surface area contributed by atoms with Crippen LogP contribution >= 0.6 is 0 Å². The first kappa shape index (κ1) is 12.3. The number of rotatable bonds is 3. The number of methoxy groups -OCH3 is 1. The SMILES string of the molecule is COCC1CCN(c2cc3c(cc2N)CC(=O)N3)C1. The number of hydrogen-bond donors (Lipinski definition) is 2. The monoisotopic (exact) mass is 261 g/mol. The smallest absolute Gasteiger partial charge is 0.228 e. The number of nitrogens with two attached hydrogens (primary N) is 1. The Morgan fingerprint density at radius 3 is 3.16 bits per heavy atom. The summed E-state index contributed by atoms with van der Waals surface area (Å²) in [6.45, 7) is 2.74. The summed E-state index contributed by atoms with van der Waals surface area (Å²) in [7, 11) is 1.74. The number of hydrogen-bond acceptors (Lipinski definition) is 4. The van der Waals surface area contributed by atoms with Gasteiger partial charge in [-0.1, -0.05) is 0 Å². The molecule has 1 saturated heterocycles. The molecule has 0 radical (unpaired) electrons. The molecule has 1 unspecified atom stereocenters. The third kappa shape index (κ3) is 2.26. The molecule has 0 aromatic heterocycles. The van der Waals surface area contributed by atoms with E-state index in [9.17, 15) is 4.79 Å². The Balaban J connectivity index is 1.82. The number of fused-ring (bicyclic) bond motifs is 1. The number of nitrogen functional groups attached to an aromatic ring is 1. The Labute approximate surface area is 112 Å². The zero-order valence-electron chi connectivity index (χ0n) is 11.1. The quantitative estimate of drug-likeness (QED) is 0.803. The van der Waals surface area contributed by atoms with Gasteiger partial charge in [0.25, 0.3) is 0 Å². The van der Waals surface area contributed by atoms with Crippen molar-refractivity contribution in [3.8, 4) is 0 Å². The van der Waals surface area contributed by atoms with E-state index in [0.717, 1.165) is 48.7 Å². The average Bonchev–Trinajstić information content (AvgIpc) is 2.94. The van der Waals surface area contributed by atoms with Crippen LogP contribution in [0.25, 0.3) is 0 Å². The zero-order valence-corrected chi connectivity index (χ0v) is 11.1. The summed E-state index contributed by atoms with van der Waals surface area (Å²) in [6, 6.07) is 3.93. The summed E-state index contributed by atoms with van der Waals surface area (Å²) in [5, 5.41) is 2.88. The maximum absolute atomic E-state index is 11.4. The van der Waals surface area contributed by atoms with Gasteiger partial charge < -0.3 is 20.7 Å². The van der Waals surface area contributed by atoms with Crippen LogP contribution in [0.1, 0.15) is 12.0 Å². The fraction of sp³-hybridized carbons (Fsp3) is 0.500. The molecule has 2 aliphatic rings. The molecule has 2 aliphatic heterocycles. The van der Waals surface area contributed by atoms with E-state index in [-0.39, 0.29) is 5.91 Å². The van der Waals surface area contributed by atoms with Crippen molar-refractivity contribution in [2.24, 2.45) is 5.92 Å². The predicted molar refractivity (Wildman–Crippen MR) is 75.4 cm³/mol. The highest BCUT2D eigenvalue weighted by Crippen LogP contribution is 2.36. The summed E-state index contributed by atoms with van der Waals surface area (Å²) in [5.41, 5.74) is 9.82. The molecule has 1 atom stereocenters. The van der Waals surface area contributed by atoms with Crippen molar-refractivity contribution in [1.29, 1.82) is 0 Å². The third-order valence-electron chi connectivity index (χ3n) is 3.91. The highest BCUT2D eigenvalue weighted by atomic mass is 16.5. The first-order valence-corrected chi connectivity index (χ1v) is 6.63. The molecule has 19 heavy (non-hydrogen) atoms. The van der Waals surface area contributed by atoms with Crippen LogP contribution in [0, 0.1) is 5.92 Å². The standard InChI is InChI=1S/C14H19N3O2/c1-19-8-9-2-3-17(7-9)13-6-12-10(4-11(13)15)5-14(18)16-12/h4,6,9H,2-3,5,7-8,15H2,1H3,(H,16,18). The number of anilines is 3. The van der Waals surface area contributed by atoms with E-state index < -0.39 is 0 Å². The summed E-state index contributed by atoms with van der Waals surface area (Å²) in [6.07, 6.45) is 1.56. The van der Waals surface area contributed by atoms with Crippen molar-refractivity contribution in [1.82, 2.24) is 0 Å². The topological polar surface area (TPSA) is 67.6 Å². The second-order valence-electron chi connectivity index (χ2n) is 5.35. The number of amides is 1. The Morgan fingerprint density at radius 1 is 1.53 bits per heavy atom. The molecule has 5 nitrogen and oxygen atoms in total. The minimum absolute atomic E-state index is 0.0465. The van der Waals surface area contributed by atoms with Crippen LogP contribution in [0.5, 0.6) is 0 Å². The van der Waals surface area contributed by atoms with Gasteiger partial charge in [-0.25, -0.2) is 0 Å².